The molecular formula is C14H28F3NiO3P. The molecule has 1 unspecified atom stereocenters. The van der Waals surface area contributed by atoms with Crippen molar-refractivity contribution in [2.45, 2.75) is 70.3 Å². The third kappa shape index (κ3) is 5.65. The molecule has 138 valence electrons. The Hall–Kier alpha value is 0.144. The van der Waals surface area contributed by atoms with Gasteiger partial charge in [-0.15, -0.1) is 0 Å². The second kappa shape index (κ2) is 8.30. The number of esters is 1. The van der Waals surface area contributed by atoms with Crippen LogP contribution in [0.2, 0.25) is 0 Å². The van der Waals surface area contributed by atoms with Crippen molar-refractivity contribution in [1.29, 1.82) is 0 Å². The van der Waals surface area contributed by atoms with Crippen LogP contribution in [0.4, 0.5) is 13.2 Å². The van der Waals surface area contributed by atoms with Gasteiger partial charge in [-0.05, 0) is 48.5 Å². The molecule has 22 heavy (non-hydrogen) atoms. The van der Waals surface area contributed by atoms with E-state index >= 15 is 0 Å². The van der Waals surface area contributed by atoms with Crippen LogP contribution in [0, 0.1) is 7.43 Å². The standard InChI is InChI=1S/C13H24F3O3P.CH3.Ni/c1-8-19-9(17)12(18,13(14,15)16)20(10(2,3)4)11(5,6)7;;/h18H,8H2,1-7H3;1H3;/q;-1;/p+1. The predicted molar refractivity (Wildman–Crippen MR) is 81.9 cm³/mol. The summed E-state index contributed by atoms with van der Waals surface area (Å²) in [5, 5.41) is 5.20. The molecule has 0 aliphatic rings. The molecule has 0 amide bonds. The molecular weight excluding hydrogens is 363 g/mol. The Kier molecular flexibility index (Phi) is 10.2. The summed E-state index contributed by atoms with van der Waals surface area (Å²) in [4.78, 5) is 11.9. The van der Waals surface area contributed by atoms with Gasteiger partial charge in [-0.1, -0.05) is 0 Å². The number of halogens is 3. The predicted octanol–water partition coefficient (Wildman–Crippen LogP) is 4.06. The number of carbonyl (C=O) groups excluding carboxylic acids is 1. The van der Waals surface area contributed by atoms with Crippen molar-refractivity contribution in [2.24, 2.45) is 0 Å². The number of hydrogen-bond acceptors (Lipinski definition) is 3. The molecule has 0 saturated carbocycles. The molecule has 0 heterocycles. The van der Waals surface area contributed by atoms with Crippen LogP contribution in [-0.2, 0) is 26.0 Å². The second-order valence-electron chi connectivity index (χ2n) is 6.80. The summed E-state index contributed by atoms with van der Waals surface area (Å²) in [6.45, 7) is 10.9. The van der Waals surface area contributed by atoms with Crippen LogP contribution in [0.25, 0.3) is 0 Å². The summed E-state index contributed by atoms with van der Waals surface area (Å²) >= 11 is 0. The molecule has 0 radical (unpaired) electrons. The summed E-state index contributed by atoms with van der Waals surface area (Å²) in [5.41, 5.74) is 0. The topological polar surface area (TPSA) is 46.5 Å². The van der Waals surface area contributed by atoms with E-state index in [-0.39, 0.29) is 30.5 Å². The average Bonchev–Trinajstić information content (AvgIpc) is 2.10. The van der Waals surface area contributed by atoms with Crippen molar-refractivity contribution in [3.05, 3.63) is 7.43 Å². The Balaban J connectivity index is -0.00000180. The Morgan fingerprint density at radius 2 is 1.36 bits per heavy atom. The van der Waals surface area contributed by atoms with Crippen molar-refractivity contribution in [2.75, 3.05) is 6.61 Å². The van der Waals surface area contributed by atoms with E-state index in [1.165, 1.54) is 6.92 Å². The quantitative estimate of drug-likeness (QED) is 0.342. The normalized spacial score (nSPS) is 15.5. The van der Waals surface area contributed by atoms with E-state index in [1.807, 2.05) is 0 Å². The molecule has 0 aliphatic heterocycles. The van der Waals surface area contributed by atoms with Crippen molar-refractivity contribution < 1.29 is 44.3 Å². The van der Waals surface area contributed by atoms with Gasteiger partial charge in [0.2, 0.25) is 0 Å². The van der Waals surface area contributed by atoms with E-state index in [2.05, 4.69) is 4.74 Å². The largest absolute Gasteiger partial charge is 0.466 e. The summed E-state index contributed by atoms with van der Waals surface area (Å²) in [7, 11) is -2.63. The molecule has 0 rings (SSSR count). The molecule has 0 aromatic carbocycles. The zero-order valence-corrected chi connectivity index (χ0v) is 16.4. The van der Waals surface area contributed by atoms with Gasteiger partial charge < -0.3 is 17.3 Å². The summed E-state index contributed by atoms with van der Waals surface area (Å²) in [6.07, 6.45) is -5.06. The summed E-state index contributed by atoms with van der Waals surface area (Å²) < 4.78 is 44.9. The number of carbonyl (C=O) groups is 1. The van der Waals surface area contributed by atoms with E-state index in [1.54, 1.807) is 41.5 Å². The van der Waals surface area contributed by atoms with E-state index < -0.39 is 35.7 Å². The first-order chi connectivity index (χ1) is 8.60. The second-order valence-corrected chi connectivity index (χ2v) is 11.3. The number of hydrogen-bond donors (Lipinski definition) is 1. The molecule has 1 N–H and O–H groups in total. The smallest absolute Gasteiger partial charge is 0.461 e. The van der Waals surface area contributed by atoms with Gasteiger partial charge in [-0.3, -0.25) is 0 Å². The van der Waals surface area contributed by atoms with Gasteiger partial charge in [0.15, 0.2) is 0 Å². The molecule has 0 bridgehead atoms. The third-order valence-electron chi connectivity index (χ3n) is 2.84. The molecule has 8 heteroatoms. The molecule has 3 nitrogen and oxygen atoms in total. The summed E-state index contributed by atoms with van der Waals surface area (Å²) in [6, 6.07) is 0. The van der Waals surface area contributed by atoms with E-state index in [9.17, 15) is 23.1 Å². The van der Waals surface area contributed by atoms with Crippen molar-refractivity contribution in [1.82, 2.24) is 0 Å². The SMILES string of the molecule is CCOC(=O)C(O)([PH+](C(C)(C)C)C(C)(C)C)C(F)(F)F.[CH3-].[Ni]. The fourth-order valence-corrected chi connectivity index (χ4v) is 7.79. The zero-order chi connectivity index (χ0) is 16.6. The number of alkyl halides is 3. The fourth-order valence-electron chi connectivity index (χ4n) is 2.81. The van der Waals surface area contributed by atoms with Crippen LogP contribution >= 0.6 is 7.92 Å². The molecule has 0 aromatic rings. The Morgan fingerprint density at radius 1 is 1.05 bits per heavy atom. The minimum absolute atomic E-state index is 0. The van der Waals surface area contributed by atoms with Gasteiger partial charge in [0.25, 0.3) is 0 Å². The maximum absolute atomic E-state index is 13.5. The van der Waals surface area contributed by atoms with Gasteiger partial charge in [0, 0.05) is 16.5 Å². The average molecular weight is 391 g/mol. The molecule has 0 aromatic heterocycles. The van der Waals surface area contributed by atoms with E-state index in [0.29, 0.717) is 0 Å². The summed E-state index contributed by atoms with van der Waals surface area (Å²) in [5.74, 6) is -1.59. The molecule has 0 spiro atoms. The number of aliphatic hydroxyl groups is 1. The fraction of sp³-hybridized carbons (Fsp3) is 0.857. The van der Waals surface area contributed by atoms with E-state index in [4.69, 9.17) is 0 Å². The Labute approximate surface area is 143 Å². The van der Waals surface area contributed by atoms with Crippen LogP contribution < -0.4 is 0 Å². The van der Waals surface area contributed by atoms with Crippen molar-refractivity contribution >= 4 is 13.9 Å². The number of ether oxygens (including phenoxy) is 1. The monoisotopic (exact) mass is 390 g/mol. The molecule has 0 aliphatic carbocycles. The maximum atomic E-state index is 13.5. The molecule has 0 fully saturated rings. The molecule has 1 atom stereocenters. The van der Waals surface area contributed by atoms with Crippen molar-refractivity contribution in [3.63, 3.8) is 0 Å². The van der Waals surface area contributed by atoms with Crippen LogP contribution in [0.1, 0.15) is 48.5 Å². The first-order valence-electron chi connectivity index (χ1n) is 6.44. The third-order valence-corrected chi connectivity index (χ3v) is 7.05. The Bertz CT molecular complexity index is 348. The van der Waals surface area contributed by atoms with Gasteiger partial charge in [0.05, 0.1) is 24.8 Å². The Morgan fingerprint density at radius 3 is 1.55 bits per heavy atom. The molecule has 0 saturated heterocycles. The maximum Gasteiger partial charge on any atom is 0.466 e. The first-order valence-corrected chi connectivity index (χ1v) is 7.94. The van der Waals surface area contributed by atoms with Gasteiger partial charge in [-0.25, -0.2) is 4.79 Å². The van der Waals surface area contributed by atoms with Gasteiger partial charge in [-0.2, -0.15) is 13.2 Å². The van der Waals surface area contributed by atoms with Gasteiger partial charge in [0.1, 0.15) is 0 Å². The zero-order valence-electron chi connectivity index (χ0n) is 14.4. The van der Waals surface area contributed by atoms with Gasteiger partial charge >= 0.3 is 17.5 Å². The minimum atomic E-state index is -5.06. The van der Waals surface area contributed by atoms with Crippen molar-refractivity contribution in [3.8, 4) is 0 Å². The van der Waals surface area contributed by atoms with Crippen LogP contribution in [0.5, 0.6) is 0 Å². The minimum Gasteiger partial charge on any atom is -0.461 e. The van der Waals surface area contributed by atoms with Crippen LogP contribution in [0.3, 0.4) is 0 Å². The van der Waals surface area contributed by atoms with Crippen LogP contribution in [-0.4, -0.2) is 39.5 Å². The first kappa shape index (κ1) is 27.0. The van der Waals surface area contributed by atoms with Crippen LogP contribution in [0.15, 0.2) is 0 Å². The van der Waals surface area contributed by atoms with E-state index in [0.717, 1.165) is 0 Å². The number of rotatable bonds is 3.